The van der Waals surface area contributed by atoms with E-state index in [-0.39, 0.29) is 0 Å². The summed E-state index contributed by atoms with van der Waals surface area (Å²) >= 11 is 0. The summed E-state index contributed by atoms with van der Waals surface area (Å²) < 4.78 is 12.6. The number of anilines is 8. The summed E-state index contributed by atoms with van der Waals surface area (Å²) in [4.78, 5) is 0. The van der Waals surface area contributed by atoms with Crippen LogP contribution in [0.1, 0.15) is 0 Å². The molecule has 7 rings (SSSR count). The first-order valence-corrected chi connectivity index (χ1v) is 13.8. The molecular formula is C36H28N4O2. The third kappa shape index (κ3) is 5.83. The highest BCUT2D eigenvalue weighted by molar-refractivity contribution is 5.80. The molecule has 0 unspecified atom stereocenters. The number of ether oxygens (including phenoxy) is 2. The Morgan fingerprint density at radius 1 is 0.286 bits per heavy atom. The smallest absolute Gasteiger partial charge is 0.129 e. The summed E-state index contributed by atoms with van der Waals surface area (Å²) in [6.45, 7) is 0. The molecule has 204 valence electrons. The van der Waals surface area contributed by atoms with E-state index >= 15 is 0 Å². The molecule has 0 fully saturated rings. The van der Waals surface area contributed by atoms with Crippen molar-refractivity contribution in [3.8, 4) is 23.0 Å². The standard InChI is InChI=1S/C36H28N4O2/c1-2-18-34-33(17-1)37-25-9-5-13-29(21-25)41-31-15-7-11-27(23-31)39-35-19-3-4-20-36(35)40-28-12-8-16-32(24-28)42-30-14-6-10-26(22-30)38-34/h1-24,37-40H. The molecule has 0 amide bonds. The lowest BCUT2D eigenvalue weighted by atomic mass is 10.2. The molecule has 6 aromatic rings. The molecule has 1 heterocycles. The first-order chi connectivity index (χ1) is 20.7. The number of fused-ring (bicyclic) bond motifs is 10. The van der Waals surface area contributed by atoms with Gasteiger partial charge >= 0.3 is 0 Å². The Kier molecular flexibility index (Phi) is 6.76. The minimum Gasteiger partial charge on any atom is -0.457 e. The van der Waals surface area contributed by atoms with Gasteiger partial charge in [-0.1, -0.05) is 48.5 Å². The molecule has 0 aliphatic carbocycles. The molecule has 1 aliphatic heterocycles. The highest BCUT2D eigenvalue weighted by Gasteiger charge is 2.09. The number of hydrogen-bond acceptors (Lipinski definition) is 6. The number of benzene rings is 6. The molecule has 0 atom stereocenters. The molecule has 6 heteroatoms. The predicted octanol–water partition coefficient (Wildman–Crippen LogP) is 10.6. The van der Waals surface area contributed by atoms with E-state index < -0.39 is 0 Å². The lowest BCUT2D eigenvalue weighted by Crippen LogP contribution is -1.99. The van der Waals surface area contributed by atoms with Gasteiger partial charge in [0, 0.05) is 47.0 Å². The van der Waals surface area contributed by atoms with Crippen molar-refractivity contribution in [1.29, 1.82) is 0 Å². The minimum absolute atomic E-state index is 0.733. The Hall–Kier alpha value is -5.88. The van der Waals surface area contributed by atoms with Crippen molar-refractivity contribution in [1.82, 2.24) is 0 Å². The van der Waals surface area contributed by atoms with Crippen molar-refractivity contribution in [2.75, 3.05) is 21.3 Å². The van der Waals surface area contributed by atoms with E-state index in [2.05, 4.69) is 21.3 Å². The zero-order valence-corrected chi connectivity index (χ0v) is 22.7. The maximum atomic E-state index is 6.28. The fourth-order valence-corrected chi connectivity index (χ4v) is 4.85. The van der Waals surface area contributed by atoms with Crippen LogP contribution >= 0.6 is 0 Å². The van der Waals surface area contributed by atoms with Crippen LogP contribution in [-0.4, -0.2) is 0 Å². The summed E-state index contributed by atoms with van der Waals surface area (Å²) in [6.07, 6.45) is 0. The third-order valence-electron chi connectivity index (χ3n) is 6.78. The molecule has 0 saturated carbocycles. The van der Waals surface area contributed by atoms with Gasteiger partial charge in [-0.15, -0.1) is 0 Å². The van der Waals surface area contributed by atoms with Crippen LogP contribution in [0.4, 0.5) is 45.5 Å². The summed E-state index contributed by atoms with van der Waals surface area (Å²) in [7, 11) is 0. The van der Waals surface area contributed by atoms with Gasteiger partial charge in [0.05, 0.1) is 22.7 Å². The first kappa shape index (κ1) is 25.1. The summed E-state index contributed by atoms with van der Waals surface area (Å²) in [6, 6.07) is 48.0. The molecule has 8 bridgehead atoms. The van der Waals surface area contributed by atoms with Crippen LogP contribution in [0.5, 0.6) is 23.0 Å². The molecule has 42 heavy (non-hydrogen) atoms. The van der Waals surface area contributed by atoms with Gasteiger partial charge < -0.3 is 30.7 Å². The van der Waals surface area contributed by atoms with Crippen molar-refractivity contribution in [2.24, 2.45) is 0 Å². The van der Waals surface area contributed by atoms with Crippen LogP contribution in [-0.2, 0) is 0 Å². The van der Waals surface area contributed by atoms with E-state index in [4.69, 9.17) is 9.47 Å². The van der Waals surface area contributed by atoms with E-state index in [1.54, 1.807) is 0 Å². The maximum Gasteiger partial charge on any atom is 0.129 e. The average molecular weight is 549 g/mol. The van der Waals surface area contributed by atoms with Gasteiger partial charge in [-0.2, -0.15) is 0 Å². The van der Waals surface area contributed by atoms with Crippen molar-refractivity contribution in [3.63, 3.8) is 0 Å². The Balaban J connectivity index is 1.29. The molecule has 0 spiro atoms. The SMILES string of the molecule is c1cc2cc(c1)Oc1cccc(c1)Nc1ccccc1Nc1cccc(c1)Oc1cccc(c1)Nc1ccccc1N2. The normalized spacial score (nSPS) is 12.0. The first-order valence-electron chi connectivity index (χ1n) is 13.8. The van der Waals surface area contributed by atoms with Gasteiger partial charge in [-0.3, -0.25) is 0 Å². The monoisotopic (exact) mass is 548 g/mol. The van der Waals surface area contributed by atoms with E-state index in [9.17, 15) is 0 Å². The maximum absolute atomic E-state index is 6.28. The average Bonchev–Trinajstić information content (AvgIpc) is 3.00. The lowest BCUT2D eigenvalue weighted by molar-refractivity contribution is 0.483. The highest BCUT2D eigenvalue weighted by atomic mass is 16.5. The summed E-state index contributed by atoms with van der Waals surface area (Å²) in [5, 5.41) is 14.1. The van der Waals surface area contributed by atoms with Crippen LogP contribution in [0.2, 0.25) is 0 Å². The third-order valence-corrected chi connectivity index (χ3v) is 6.78. The zero-order chi connectivity index (χ0) is 28.1. The van der Waals surface area contributed by atoms with Gasteiger partial charge in [-0.05, 0) is 72.8 Å². The number of para-hydroxylation sites is 4. The fraction of sp³-hybridized carbons (Fsp3) is 0. The zero-order valence-electron chi connectivity index (χ0n) is 22.7. The van der Waals surface area contributed by atoms with Crippen LogP contribution in [0.25, 0.3) is 0 Å². The molecule has 0 aromatic heterocycles. The predicted molar refractivity (Wildman–Crippen MR) is 172 cm³/mol. The summed E-state index contributed by atoms with van der Waals surface area (Å²) in [5.74, 6) is 2.93. The Bertz CT molecular complexity index is 1600. The lowest BCUT2D eigenvalue weighted by Gasteiger charge is -2.17. The fourth-order valence-electron chi connectivity index (χ4n) is 4.85. The van der Waals surface area contributed by atoms with E-state index in [0.29, 0.717) is 0 Å². The van der Waals surface area contributed by atoms with Gasteiger partial charge in [0.15, 0.2) is 0 Å². The molecule has 6 nitrogen and oxygen atoms in total. The van der Waals surface area contributed by atoms with Crippen LogP contribution in [0, 0.1) is 0 Å². The number of hydrogen-bond donors (Lipinski definition) is 4. The summed E-state index contributed by atoms with van der Waals surface area (Å²) in [5.41, 5.74) is 7.40. The van der Waals surface area contributed by atoms with Gasteiger partial charge in [0.25, 0.3) is 0 Å². The van der Waals surface area contributed by atoms with E-state index in [0.717, 1.165) is 68.5 Å². The Labute approximate surface area is 244 Å². The van der Waals surface area contributed by atoms with E-state index in [1.807, 2.05) is 146 Å². The largest absolute Gasteiger partial charge is 0.457 e. The Morgan fingerprint density at radius 3 is 0.810 bits per heavy atom. The molecule has 1 aliphatic rings. The van der Waals surface area contributed by atoms with Gasteiger partial charge in [0.2, 0.25) is 0 Å². The van der Waals surface area contributed by atoms with Crippen molar-refractivity contribution >= 4 is 45.5 Å². The van der Waals surface area contributed by atoms with Gasteiger partial charge in [-0.25, -0.2) is 0 Å². The second kappa shape index (κ2) is 11.3. The van der Waals surface area contributed by atoms with Crippen molar-refractivity contribution in [3.05, 3.63) is 146 Å². The van der Waals surface area contributed by atoms with Crippen LogP contribution in [0.3, 0.4) is 0 Å². The minimum atomic E-state index is 0.733. The molecular weight excluding hydrogens is 520 g/mol. The van der Waals surface area contributed by atoms with Crippen molar-refractivity contribution in [2.45, 2.75) is 0 Å². The van der Waals surface area contributed by atoms with Crippen LogP contribution in [0.15, 0.2) is 146 Å². The topological polar surface area (TPSA) is 66.6 Å². The molecule has 0 saturated heterocycles. The molecule has 0 radical (unpaired) electrons. The molecule has 4 N–H and O–H groups in total. The Morgan fingerprint density at radius 2 is 0.548 bits per heavy atom. The number of nitrogens with one attached hydrogen (secondary N) is 4. The highest BCUT2D eigenvalue weighted by Crippen LogP contribution is 2.35. The van der Waals surface area contributed by atoms with Gasteiger partial charge in [0.1, 0.15) is 23.0 Å². The van der Waals surface area contributed by atoms with Crippen molar-refractivity contribution < 1.29 is 9.47 Å². The van der Waals surface area contributed by atoms with Crippen LogP contribution < -0.4 is 30.7 Å². The van der Waals surface area contributed by atoms with E-state index in [1.165, 1.54) is 0 Å². The quantitative estimate of drug-likeness (QED) is 0.151. The second-order valence-corrected chi connectivity index (χ2v) is 9.91. The number of rotatable bonds is 0. The second-order valence-electron chi connectivity index (χ2n) is 9.91. The molecule has 6 aromatic carbocycles.